The molecule has 4 nitrogen and oxygen atoms in total. The lowest BCUT2D eigenvalue weighted by atomic mass is 9.99. The van der Waals surface area contributed by atoms with E-state index in [0.29, 0.717) is 12.1 Å². The first-order valence-corrected chi connectivity index (χ1v) is 8.42. The number of hydrogen-bond donors (Lipinski definition) is 3. The van der Waals surface area contributed by atoms with Crippen LogP contribution in [0.1, 0.15) is 59.8 Å². The molecule has 1 unspecified atom stereocenters. The normalized spacial score (nSPS) is 12.0. The van der Waals surface area contributed by atoms with Crippen molar-refractivity contribution in [2.75, 3.05) is 5.32 Å². The molecule has 0 aliphatic rings. The van der Waals surface area contributed by atoms with Crippen LogP contribution in [-0.4, -0.2) is 16.2 Å². The van der Waals surface area contributed by atoms with Crippen LogP contribution in [0.2, 0.25) is 0 Å². The van der Waals surface area contributed by atoms with Gasteiger partial charge in [-0.25, -0.2) is 4.79 Å². The van der Waals surface area contributed by atoms with E-state index >= 15 is 0 Å². The molecule has 2 aromatic carbocycles. The van der Waals surface area contributed by atoms with Crippen molar-refractivity contribution in [3.63, 3.8) is 0 Å². The summed E-state index contributed by atoms with van der Waals surface area (Å²) in [5, 5.41) is 22.8. The van der Waals surface area contributed by atoms with Crippen molar-refractivity contribution in [1.29, 1.82) is 0 Å². The average Bonchev–Trinajstić information content (AvgIpc) is 2.60. The molecule has 0 saturated carbocycles. The molecule has 0 heterocycles. The fraction of sp³-hybridized carbons (Fsp3) is 0.350. The maximum atomic E-state index is 11.5. The second-order valence-corrected chi connectivity index (χ2v) is 5.89. The molecule has 1 atom stereocenters. The van der Waals surface area contributed by atoms with E-state index in [9.17, 15) is 15.0 Å². The van der Waals surface area contributed by atoms with E-state index in [1.165, 1.54) is 0 Å². The Kier molecular flexibility index (Phi) is 6.38. The van der Waals surface area contributed by atoms with Crippen LogP contribution in [0.5, 0.6) is 0 Å². The van der Waals surface area contributed by atoms with Gasteiger partial charge in [0.25, 0.3) is 0 Å². The average molecular weight is 327 g/mol. The molecule has 3 N–H and O–H groups in total. The number of aryl methyl sites for hydroxylation is 1. The number of nitrogens with one attached hydrogen (secondary N) is 1. The van der Waals surface area contributed by atoms with Gasteiger partial charge in [-0.2, -0.15) is 0 Å². The topological polar surface area (TPSA) is 69.6 Å². The monoisotopic (exact) mass is 327 g/mol. The van der Waals surface area contributed by atoms with Gasteiger partial charge >= 0.3 is 5.97 Å². The minimum Gasteiger partial charge on any atom is -0.478 e. The number of aromatic carboxylic acids is 1. The van der Waals surface area contributed by atoms with Crippen LogP contribution in [-0.2, 0) is 13.0 Å². The van der Waals surface area contributed by atoms with Gasteiger partial charge in [-0.05, 0) is 47.7 Å². The highest BCUT2D eigenvalue weighted by molar-refractivity contribution is 5.90. The second kappa shape index (κ2) is 8.50. The van der Waals surface area contributed by atoms with Gasteiger partial charge in [-0.15, -0.1) is 0 Å². The SMILES string of the molecule is CCCC(O)c1cccc(NCc2c(CC)cccc2C(=O)O)c1. The van der Waals surface area contributed by atoms with Crippen molar-refractivity contribution in [1.82, 2.24) is 0 Å². The lowest BCUT2D eigenvalue weighted by molar-refractivity contribution is 0.0695. The fourth-order valence-corrected chi connectivity index (χ4v) is 2.86. The van der Waals surface area contributed by atoms with E-state index in [1.807, 2.05) is 44.2 Å². The van der Waals surface area contributed by atoms with Crippen LogP contribution in [0.4, 0.5) is 5.69 Å². The largest absolute Gasteiger partial charge is 0.478 e. The molecule has 2 rings (SSSR count). The van der Waals surface area contributed by atoms with Crippen LogP contribution in [0, 0.1) is 0 Å². The predicted octanol–water partition coefficient (Wildman–Crippen LogP) is 4.39. The minimum absolute atomic E-state index is 0.337. The lowest BCUT2D eigenvalue weighted by Gasteiger charge is -2.15. The molecular weight excluding hydrogens is 302 g/mol. The number of aliphatic hydroxyl groups is 1. The summed E-state index contributed by atoms with van der Waals surface area (Å²) in [5.74, 6) is -0.908. The molecule has 0 aliphatic heterocycles. The summed E-state index contributed by atoms with van der Waals surface area (Å²) >= 11 is 0. The number of rotatable bonds is 8. The van der Waals surface area contributed by atoms with Crippen LogP contribution in [0.3, 0.4) is 0 Å². The summed E-state index contributed by atoms with van der Waals surface area (Å²) < 4.78 is 0. The zero-order valence-electron chi connectivity index (χ0n) is 14.2. The Morgan fingerprint density at radius 3 is 2.58 bits per heavy atom. The minimum atomic E-state index is -0.908. The van der Waals surface area contributed by atoms with Gasteiger partial charge in [0.15, 0.2) is 0 Å². The van der Waals surface area contributed by atoms with Crippen molar-refractivity contribution in [2.45, 2.75) is 45.8 Å². The number of aliphatic hydroxyl groups excluding tert-OH is 1. The number of carbonyl (C=O) groups is 1. The van der Waals surface area contributed by atoms with Crippen LogP contribution < -0.4 is 5.32 Å². The number of carboxylic acids is 1. The first-order valence-electron chi connectivity index (χ1n) is 8.42. The Balaban J connectivity index is 2.19. The summed E-state index contributed by atoms with van der Waals surface area (Å²) in [5.41, 5.74) is 3.94. The van der Waals surface area contributed by atoms with Crippen molar-refractivity contribution in [3.05, 3.63) is 64.7 Å². The van der Waals surface area contributed by atoms with E-state index in [0.717, 1.165) is 41.6 Å². The smallest absolute Gasteiger partial charge is 0.336 e. The van der Waals surface area contributed by atoms with E-state index < -0.39 is 12.1 Å². The highest BCUT2D eigenvalue weighted by Gasteiger charge is 2.13. The maximum Gasteiger partial charge on any atom is 0.336 e. The number of anilines is 1. The summed E-state index contributed by atoms with van der Waals surface area (Å²) in [4.78, 5) is 11.5. The molecule has 0 spiro atoms. The van der Waals surface area contributed by atoms with Gasteiger partial charge < -0.3 is 15.5 Å². The molecule has 2 aromatic rings. The predicted molar refractivity (Wildman–Crippen MR) is 96.4 cm³/mol. The highest BCUT2D eigenvalue weighted by atomic mass is 16.4. The zero-order chi connectivity index (χ0) is 17.5. The van der Waals surface area contributed by atoms with Crippen molar-refractivity contribution in [3.8, 4) is 0 Å². The van der Waals surface area contributed by atoms with Gasteiger partial charge in [-0.3, -0.25) is 0 Å². The molecule has 24 heavy (non-hydrogen) atoms. The molecule has 0 radical (unpaired) electrons. The molecule has 0 fully saturated rings. The summed E-state index contributed by atoms with van der Waals surface area (Å²) in [7, 11) is 0. The molecule has 0 aliphatic carbocycles. The van der Waals surface area contributed by atoms with E-state index in [1.54, 1.807) is 12.1 Å². The van der Waals surface area contributed by atoms with E-state index in [2.05, 4.69) is 5.32 Å². The number of benzene rings is 2. The summed E-state index contributed by atoms with van der Waals surface area (Å²) in [6.45, 7) is 4.51. The lowest BCUT2D eigenvalue weighted by Crippen LogP contribution is -2.10. The van der Waals surface area contributed by atoms with Gasteiger partial charge in [0, 0.05) is 12.2 Å². The Morgan fingerprint density at radius 1 is 1.17 bits per heavy atom. The first kappa shape index (κ1) is 18.0. The molecule has 0 bridgehead atoms. The summed E-state index contributed by atoms with van der Waals surface area (Å²) in [6.07, 6.45) is 1.97. The zero-order valence-corrected chi connectivity index (χ0v) is 14.2. The van der Waals surface area contributed by atoms with Gasteiger partial charge in [0.05, 0.1) is 11.7 Å². The first-order chi connectivity index (χ1) is 11.6. The molecule has 4 heteroatoms. The molecule has 128 valence electrons. The van der Waals surface area contributed by atoms with E-state index in [4.69, 9.17) is 0 Å². The molecular formula is C20H25NO3. The van der Waals surface area contributed by atoms with Crippen molar-refractivity contribution >= 4 is 11.7 Å². The summed E-state index contributed by atoms with van der Waals surface area (Å²) in [6, 6.07) is 13.1. The van der Waals surface area contributed by atoms with Crippen LogP contribution >= 0.6 is 0 Å². The highest BCUT2D eigenvalue weighted by Crippen LogP contribution is 2.23. The fourth-order valence-electron chi connectivity index (χ4n) is 2.86. The molecule has 0 aromatic heterocycles. The maximum absolute atomic E-state index is 11.5. The Hall–Kier alpha value is -2.33. The van der Waals surface area contributed by atoms with Gasteiger partial charge in [0.1, 0.15) is 0 Å². The van der Waals surface area contributed by atoms with Crippen molar-refractivity contribution in [2.24, 2.45) is 0 Å². The number of carboxylic acid groups (broad SMARTS) is 1. The number of hydrogen-bond acceptors (Lipinski definition) is 3. The standard InChI is InChI=1S/C20H25NO3/c1-3-7-19(22)15-9-5-10-16(12-15)21-13-18-14(4-2)8-6-11-17(18)20(23)24/h5-6,8-12,19,21-22H,3-4,7,13H2,1-2H3,(H,23,24). The van der Waals surface area contributed by atoms with Gasteiger partial charge in [-0.1, -0.05) is 44.5 Å². The Labute approximate surface area is 143 Å². The quantitative estimate of drug-likeness (QED) is 0.672. The Bertz CT molecular complexity index is 697. The third-order valence-corrected chi connectivity index (χ3v) is 4.19. The molecule has 0 saturated heterocycles. The van der Waals surface area contributed by atoms with Crippen molar-refractivity contribution < 1.29 is 15.0 Å². The second-order valence-electron chi connectivity index (χ2n) is 5.89. The van der Waals surface area contributed by atoms with Crippen LogP contribution in [0.15, 0.2) is 42.5 Å². The third-order valence-electron chi connectivity index (χ3n) is 4.19. The van der Waals surface area contributed by atoms with Gasteiger partial charge in [0.2, 0.25) is 0 Å². The molecule has 0 amide bonds. The van der Waals surface area contributed by atoms with E-state index in [-0.39, 0.29) is 0 Å². The third kappa shape index (κ3) is 4.36. The Morgan fingerprint density at radius 2 is 1.92 bits per heavy atom. The van der Waals surface area contributed by atoms with Crippen LogP contribution in [0.25, 0.3) is 0 Å².